The van der Waals surface area contributed by atoms with Crippen molar-refractivity contribution in [3.8, 4) is 0 Å². The molecule has 5 nitrogen and oxygen atoms in total. The third-order valence-electron chi connectivity index (χ3n) is 4.10. The van der Waals surface area contributed by atoms with Gasteiger partial charge in [0, 0.05) is 13.6 Å². The molecule has 6 heteroatoms. The van der Waals surface area contributed by atoms with Gasteiger partial charge in [-0.15, -0.1) is 0 Å². The van der Waals surface area contributed by atoms with Crippen LogP contribution in [-0.2, 0) is 7.05 Å². The van der Waals surface area contributed by atoms with Crippen LogP contribution >= 0.6 is 0 Å². The predicted molar refractivity (Wildman–Crippen MR) is 78.9 cm³/mol. The Kier molecular flexibility index (Phi) is 2.54. The minimum Gasteiger partial charge on any atom is -0.370 e. The number of benzene rings is 1. The first-order chi connectivity index (χ1) is 10.1. The molecule has 1 N–H and O–H groups in total. The van der Waals surface area contributed by atoms with Crippen LogP contribution < -0.4 is 5.32 Å². The minimum atomic E-state index is -0.206. The van der Waals surface area contributed by atoms with Gasteiger partial charge in [-0.3, -0.25) is 0 Å². The van der Waals surface area contributed by atoms with Crippen molar-refractivity contribution in [3.63, 3.8) is 0 Å². The maximum Gasteiger partial charge on any atom is 0.182 e. The van der Waals surface area contributed by atoms with Crippen LogP contribution in [0, 0.1) is 12.7 Å². The van der Waals surface area contributed by atoms with E-state index in [0.717, 1.165) is 41.1 Å². The van der Waals surface area contributed by atoms with Crippen molar-refractivity contribution in [3.05, 3.63) is 41.3 Å². The van der Waals surface area contributed by atoms with E-state index in [0.29, 0.717) is 0 Å². The van der Waals surface area contributed by atoms with E-state index in [1.54, 1.807) is 16.8 Å². The molecule has 0 aliphatic carbocycles. The van der Waals surface area contributed by atoms with Crippen molar-refractivity contribution in [1.82, 2.24) is 19.6 Å². The normalized spacial score (nSPS) is 17.8. The number of anilines is 1. The molecule has 0 amide bonds. The highest BCUT2D eigenvalue weighted by Crippen LogP contribution is 2.35. The first-order valence-corrected chi connectivity index (χ1v) is 7.06. The summed E-state index contributed by atoms with van der Waals surface area (Å²) in [4.78, 5) is 0. The maximum atomic E-state index is 13.5. The van der Waals surface area contributed by atoms with Crippen molar-refractivity contribution in [1.29, 1.82) is 0 Å². The zero-order chi connectivity index (χ0) is 14.6. The summed E-state index contributed by atoms with van der Waals surface area (Å²) in [5, 5.41) is 13.6. The highest BCUT2D eigenvalue weighted by atomic mass is 19.1. The van der Waals surface area contributed by atoms with E-state index in [2.05, 4.69) is 10.4 Å². The van der Waals surface area contributed by atoms with Gasteiger partial charge >= 0.3 is 0 Å². The number of aromatic nitrogens is 4. The van der Waals surface area contributed by atoms with E-state index in [-0.39, 0.29) is 11.9 Å². The van der Waals surface area contributed by atoms with Crippen molar-refractivity contribution in [2.24, 2.45) is 7.05 Å². The molecule has 1 atom stereocenters. The Bertz CT molecular complexity index is 832. The Morgan fingerprint density at radius 2 is 2.19 bits per heavy atom. The fourth-order valence-corrected chi connectivity index (χ4v) is 3.17. The first-order valence-electron chi connectivity index (χ1n) is 7.06. The Balaban J connectivity index is 1.92. The van der Waals surface area contributed by atoms with Gasteiger partial charge in [-0.05, 0) is 31.0 Å². The third-order valence-corrected chi connectivity index (χ3v) is 4.10. The van der Waals surface area contributed by atoms with Gasteiger partial charge in [-0.2, -0.15) is 10.2 Å². The lowest BCUT2D eigenvalue weighted by molar-refractivity contribution is 0.479. The van der Waals surface area contributed by atoms with Gasteiger partial charge in [0.2, 0.25) is 0 Å². The second-order valence-electron chi connectivity index (χ2n) is 5.49. The van der Waals surface area contributed by atoms with Crippen LogP contribution in [0.3, 0.4) is 0 Å². The SMILES string of the molecule is Cc1nn(C)c2nn3c(c12)NCCC3c1cccc(F)c1. The number of nitrogens with one attached hydrogen (secondary N) is 1. The number of nitrogens with zero attached hydrogens (tertiary/aromatic N) is 4. The van der Waals surface area contributed by atoms with Crippen LogP contribution in [0.2, 0.25) is 0 Å². The molecule has 108 valence electrons. The molecule has 0 saturated carbocycles. The molecule has 2 aromatic heterocycles. The zero-order valence-corrected chi connectivity index (χ0v) is 12.0. The number of hydrogen-bond donors (Lipinski definition) is 1. The minimum absolute atomic E-state index is 0.0590. The molecule has 0 spiro atoms. The summed E-state index contributed by atoms with van der Waals surface area (Å²) >= 11 is 0. The third kappa shape index (κ3) is 1.75. The molecule has 0 radical (unpaired) electrons. The molecule has 3 aromatic rings. The van der Waals surface area contributed by atoms with Gasteiger partial charge in [-0.1, -0.05) is 12.1 Å². The molecule has 21 heavy (non-hydrogen) atoms. The zero-order valence-electron chi connectivity index (χ0n) is 12.0. The van der Waals surface area contributed by atoms with Gasteiger partial charge in [0.25, 0.3) is 0 Å². The van der Waals surface area contributed by atoms with Crippen LogP contribution in [-0.4, -0.2) is 26.1 Å². The van der Waals surface area contributed by atoms with Gasteiger partial charge in [0.1, 0.15) is 11.6 Å². The second-order valence-corrected chi connectivity index (χ2v) is 5.49. The Labute approximate surface area is 121 Å². The fraction of sp³-hybridized carbons (Fsp3) is 0.333. The van der Waals surface area contributed by atoms with E-state index in [9.17, 15) is 4.39 Å². The monoisotopic (exact) mass is 285 g/mol. The number of rotatable bonds is 1. The van der Waals surface area contributed by atoms with Crippen molar-refractivity contribution in [2.75, 3.05) is 11.9 Å². The van der Waals surface area contributed by atoms with Crippen molar-refractivity contribution < 1.29 is 4.39 Å². The largest absolute Gasteiger partial charge is 0.370 e. The van der Waals surface area contributed by atoms with E-state index >= 15 is 0 Å². The molecule has 4 rings (SSSR count). The Hall–Kier alpha value is -2.37. The van der Waals surface area contributed by atoms with Gasteiger partial charge in [0.05, 0.1) is 17.1 Å². The summed E-state index contributed by atoms with van der Waals surface area (Å²) in [7, 11) is 1.89. The summed E-state index contributed by atoms with van der Waals surface area (Å²) in [5.41, 5.74) is 2.77. The van der Waals surface area contributed by atoms with E-state index < -0.39 is 0 Å². The first kappa shape index (κ1) is 12.4. The van der Waals surface area contributed by atoms with Crippen LogP contribution in [0.1, 0.15) is 23.7 Å². The summed E-state index contributed by atoms with van der Waals surface area (Å²) < 4.78 is 17.3. The maximum absolute atomic E-state index is 13.5. The molecule has 0 bridgehead atoms. The average molecular weight is 285 g/mol. The van der Waals surface area contributed by atoms with Crippen molar-refractivity contribution >= 4 is 16.9 Å². The summed E-state index contributed by atoms with van der Waals surface area (Å²) in [6.07, 6.45) is 0.886. The van der Waals surface area contributed by atoms with Crippen LogP contribution in [0.4, 0.5) is 10.2 Å². The lowest BCUT2D eigenvalue weighted by atomic mass is 10.0. The molecule has 0 fully saturated rings. The summed E-state index contributed by atoms with van der Waals surface area (Å²) in [5.74, 6) is 0.776. The number of halogens is 1. The molecule has 1 unspecified atom stereocenters. The molecule has 1 aromatic carbocycles. The molecule has 1 aliphatic heterocycles. The Morgan fingerprint density at radius 3 is 3.00 bits per heavy atom. The molecule has 0 saturated heterocycles. The molecular weight excluding hydrogens is 269 g/mol. The molecule has 1 aliphatic rings. The van der Waals surface area contributed by atoms with E-state index in [1.165, 1.54) is 6.07 Å². The van der Waals surface area contributed by atoms with Gasteiger partial charge in [0.15, 0.2) is 5.65 Å². The van der Waals surface area contributed by atoms with Crippen LogP contribution in [0.15, 0.2) is 24.3 Å². The lowest BCUT2D eigenvalue weighted by Gasteiger charge is -2.26. The lowest BCUT2D eigenvalue weighted by Crippen LogP contribution is -2.24. The smallest absolute Gasteiger partial charge is 0.182 e. The van der Waals surface area contributed by atoms with E-state index in [4.69, 9.17) is 5.10 Å². The summed E-state index contributed by atoms with van der Waals surface area (Å²) in [6.45, 7) is 2.83. The molecule has 3 heterocycles. The van der Waals surface area contributed by atoms with E-state index in [1.807, 2.05) is 24.7 Å². The number of fused-ring (bicyclic) bond motifs is 3. The van der Waals surface area contributed by atoms with Gasteiger partial charge in [-0.25, -0.2) is 13.8 Å². The average Bonchev–Trinajstić information content (AvgIpc) is 2.98. The fourth-order valence-electron chi connectivity index (χ4n) is 3.17. The number of hydrogen-bond acceptors (Lipinski definition) is 3. The predicted octanol–water partition coefficient (Wildman–Crippen LogP) is 2.62. The quantitative estimate of drug-likeness (QED) is 0.747. The Morgan fingerprint density at radius 1 is 1.33 bits per heavy atom. The highest BCUT2D eigenvalue weighted by molar-refractivity contribution is 5.90. The van der Waals surface area contributed by atoms with Crippen LogP contribution in [0.25, 0.3) is 11.0 Å². The summed E-state index contributed by atoms with van der Waals surface area (Å²) in [6, 6.07) is 6.84. The topological polar surface area (TPSA) is 47.7 Å². The highest BCUT2D eigenvalue weighted by Gasteiger charge is 2.27. The van der Waals surface area contributed by atoms with Crippen LogP contribution in [0.5, 0.6) is 0 Å². The van der Waals surface area contributed by atoms with Crippen molar-refractivity contribution in [2.45, 2.75) is 19.4 Å². The standard InChI is InChI=1S/C15H16FN5/c1-9-13-14-17-7-6-12(10-4-3-5-11(16)8-10)21(14)19-15(13)20(2)18-9/h3-5,8,12,17H,6-7H2,1-2H3. The van der Waals surface area contributed by atoms with Gasteiger partial charge < -0.3 is 5.32 Å². The number of aryl methyl sites for hydroxylation is 2. The second kappa shape index (κ2) is 4.31. The molecular formula is C15H16FN5.